The maximum absolute atomic E-state index is 14.9. The summed E-state index contributed by atoms with van der Waals surface area (Å²) in [6, 6.07) is 5.65. The molecule has 0 spiro atoms. The van der Waals surface area contributed by atoms with E-state index in [2.05, 4.69) is 20.5 Å². The second-order valence-corrected chi connectivity index (χ2v) is 8.24. The summed E-state index contributed by atoms with van der Waals surface area (Å²) in [7, 11) is 1.84. The zero-order valence-corrected chi connectivity index (χ0v) is 16.5. The van der Waals surface area contributed by atoms with Crippen molar-refractivity contribution in [2.75, 3.05) is 11.9 Å². The van der Waals surface area contributed by atoms with Crippen molar-refractivity contribution in [3.05, 3.63) is 42.5 Å². The zero-order valence-electron chi connectivity index (χ0n) is 16.5. The summed E-state index contributed by atoms with van der Waals surface area (Å²) in [5.74, 6) is 0.572. The first kappa shape index (κ1) is 18.9. The molecule has 30 heavy (non-hydrogen) atoms. The van der Waals surface area contributed by atoms with Crippen LogP contribution in [0.3, 0.4) is 0 Å². The number of hydrogen-bond donors (Lipinski definition) is 1. The van der Waals surface area contributed by atoms with Crippen molar-refractivity contribution >= 4 is 5.82 Å². The molecular formula is C21H22F2N6O. The van der Waals surface area contributed by atoms with Gasteiger partial charge in [0.25, 0.3) is 0 Å². The average Bonchev–Trinajstić information content (AvgIpc) is 3.42. The lowest BCUT2D eigenvalue weighted by molar-refractivity contribution is 0.144. The second kappa shape index (κ2) is 7.30. The monoisotopic (exact) mass is 412 g/mol. The Hall–Kier alpha value is -3.10. The van der Waals surface area contributed by atoms with E-state index in [9.17, 15) is 13.9 Å². The highest BCUT2D eigenvalue weighted by atomic mass is 19.1. The van der Waals surface area contributed by atoms with Crippen molar-refractivity contribution in [2.24, 2.45) is 11.8 Å². The smallest absolute Gasteiger partial charge is 0.151 e. The molecule has 4 atom stereocenters. The molecule has 9 heteroatoms. The maximum Gasteiger partial charge on any atom is 0.151 e. The largest absolute Gasteiger partial charge is 0.507 e. The highest BCUT2D eigenvalue weighted by Crippen LogP contribution is 2.45. The van der Waals surface area contributed by atoms with E-state index in [1.165, 1.54) is 29.2 Å². The number of anilines is 1. The van der Waals surface area contributed by atoms with Crippen molar-refractivity contribution < 1.29 is 13.9 Å². The summed E-state index contributed by atoms with van der Waals surface area (Å²) in [5.41, 5.74) is 0.630. The molecule has 156 valence electrons. The molecule has 2 fully saturated rings. The maximum atomic E-state index is 14.9. The number of phenols is 1. The van der Waals surface area contributed by atoms with E-state index in [0.29, 0.717) is 17.4 Å². The minimum atomic E-state index is -0.863. The van der Waals surface area contributed by atoms with Gasteiger partial charge >= 0.3 is 0 Å². The lowest BCUT2D eigenvalue weighted by Crippen LogP contribution is -2.46. The normalized spacial score (nSPS) is 25.4. The van der Waals surface area contributed by atoms with Gasteiger partial charge in [-0.1, -0.05) is 5.21 Å². The van der Waals surface area contributed by atoms with Gasteiger partial charge in [0.1, 0.15) is 23.4 Å². The van der Waals surface area contributed by atoms with Crippen LogP contribution in [-0.4, -0.2) is 49.6 Å². The predicted molar refractivity (Wildman–Crippen MR) is 107 cm³/mol. The molecule has 0 aliphatic heterocycles. The molecule has 2 bridgehead atoms. The van der Waals surface area contributed by atoms with Crippen LogP contribution in [0.2, 0.25) is 0 Å². The van der Waals surface area contributed by atoms with E-state index in [-0.39, 0.29) is 29.0 Å². The number of aromatic nitrogens is 5. The van der Waals surface area contributed by atoms with Gasteiger partial charge < -0.3 is 10.0 Å². The summed E-state index contributed by atoms with van der Waals surface area (Å²) in [6.45, 7) is 0. The molecule has 2 aromatic heterocycles. The lowest BCUT2D eigenvalue weighted by atomic mass is 9.83. The third-order valence-electron chi connectivity index (χ3n) is 6.49. The van der Waals surface area contributed by atoms with Crippen LogP contribution in [0.1, 0.15) is 25.7 Å². The Bertz CT molecular complexity index is 1040. The van der Waals surface area contributed by atoms with Gasteiger partial charge in [-0.25, -0.2) is 13.5 Å². The van der Waals surface area contributed by atoms with Gasteiger partial charge in [0.05, 0.1) is 24.1 Å². The van der Waals surface area contributed by atoms with E-state index in [4.69, 9.17) is 0 Å². The highest BCUT2D eigenvalue weighted by Gasteiger charge is 2.44. The number of aromatic hydroxyl groups is 1. The van der Waals surface area contributed by atoms with Crippen LogP contribution in [0, 0.1) is 17.7 Å². The minimum absolute atomic E-state index is 0.0824. The molecule has 7 nitrogen and oxygen atoms in total. The molecule has 5 rings (SSSR count). The Morgan fingerprint density at radius 1 is 1.17 bits per heavy atom. The van der Waals surface area contributed by atoms with Gasteiger partial charge in [0.15, 0.2) is 5.82 Å². The van der Waals surface area contributed by atoms with E-state index >= 15 is 0 Å². The van der Waals surface area contributed by atoms with Crippen LogP contribution in [-0.2, 0) is 0 Å². The summed E-state index contributed by atoms with van der Waals surface area (Å²) in [6.07, 6.45) is 5.94. The second-order valence-electron chi connectivity index (χ2n) is 8.24. The lowest BCUT2D eigenvalue weighted by Gasteiger charge is -2.38. The zero-order chi connectivity index (χ0) is 20.8. The Balaban J connectivity index is 1.39. The van der Waals surface area contributed by atoms with E-state index in [1.807, 2.05) is 11.9 Å². The van der Waals surface area contributed by atoms with Crippen LogP contribution in [0.5, 0.6) is 5.75 Å². The molecule has 2 saturated carbocycles. The topological polar surface area (TPSA) is 80.0 Å². The Morgan fingerprint density at radius 2 is 2.03 bits per heavy atom. The molecule has 1 N–H and O–H groups in total. The van der Waals surface area contributed by atoms with Crippen LogP contribution in [0.25, 0.3) is 16.9 Å². The third kappa shape index (κ3) is 3.18. The van der Waals surface area contributed by atoms with Gasteiger partial charge in [0, 0.05) is 18.7 Å². The number of fused-ring (bicyclic) bond motifs is 2. The first-order chi connectivity index (χ1) is 14.5. The van der Waals surface area contributed by atoms with Gasteiger partial charge in [-0.2, -0.15) is 0 Å². The van der Waals surface area contributed by atoms with E-state index < -0.39 is 12.0 Å². The van der Waals surface area contributed by atoms with Crippen molar-refractivity contribution in [3.63, 3.8) is 0 Å². The average molecular weight is 412 g/mol. The molecule has 0 radical (unpaired) electrons. The molecular weight excluding hydrogens is 390 g/mol. The number of phenolic OH excluding ortho intramolecular Hbond substituents is 1. The molecule has 0 saturated heterocycles. The Morgan fingerprint density at radius 3 is 2.77 bits per heavy atom. The molecule has 3 aromatic rings. The molecule has 2 aliphatic carbocycles. The summed E-state index contributed by atoms with van der Waals surface area (Å²) in [5, 5.41) is 26.2. The van der Waals surface area contributed by atoms with Crippen molar-refractivity contribution in [3.8, 4) is 22.7 Å². The summed E-state index contributed by atoms with van der Waals surface area (Å²) in [4.78, 5) is 1.86. The van der Waals surface area contributed by atoms with E-state index in [1.54, 1.807) is 12.1 Å². The van der Waals surface area contributed by atoms with Gasteiger partial charge in [-0.05, 0) is 55.7 Å². The van der Waals surface area contributed by atoms with E-state index in [0.717, 1.165) is 25.7 Å². The van der Waals surface area contributed by atoms with Crippen LogP contribution in [0.4, 0.5) is 14.6 Å². The molecule has 0 amide bonds. The number of alkyl halides is 1. The predicted octanol–water partition coefficient (Wildman–Crippen LogP) is 3.53. The Labute approximate surface area is 172 Å². The quantitative estimate of drug-likeness (QED) is 0.706. The first-order valence-corrected chi connectivity index (χ1v) is 10.1. The number of halogens is 2. The van der Waals surface area contributed by atoms with Crippen molar-refractivity contribution in [1.29, 1.82) is 0 Å². The summed E-state index contributed by atoms with van der Waals surface area (Å²) < 4.78 is 30.7. The Kier molecular flexibility index (Phi) is 4.60. The molecule has 2 aliphatic rings. The summed E-state index contributed by atoms with van der Waals surface area (Å²) >= 11 is 0. The number of rotatable bonds is 4. The fourth-order valence-electron chi connectivity index (χ4n) is 4.87. The fraction of sp³-hybridized carbons (Fsp3) is 0.429. The third-order valence-corrected chi connectivity index (χ3v) is 6.49. The standard InChI is InChI=1S/C21H22F2N6O/c1-28(18-9-12-2-3-13(8-12)21(18)23)20-5-4-16(25-26-20)14-10-15(22)17(11-19(14)30)29-7-6-24-27-29/h4-7,10-13,18,21,30H,2-3,8-9H2,1H3/t12-,13+,18+,21-/m1/s1. The van der Waals surface area contributed by atoms with Gasteiger partial charge in [-0.15, -0.1) is 15.3 Å². The number of hydrogen-bond acceptors (Lipinski definition) is 6. The van der Waals surface area contributed by atoms with Crippen LogP contribution >= 0.6 is 0 Å². The fourth-order valence-corrected chi connectivity index (χ4v) is 4.87. The SMILES string of the molecule is CN(c1ccc(-c2cc(F)c(-n3ccnn3)cc2O)nn1)[C@H]1C[C@@H]2CC[C@@H](C2)[C@H]1F. The minimum Gasteiger partial charge on any atom is -0.507 e. The van der Waals surface area contributed by atoms with Crippen molar-refractivity contribution in [2.45, 2.75) is 37.9 Å². The van der Waals surface area contributed by atoms with Crippen molar-refractivity contribution in [1.82, 2.24) is 25.2 Å². The van der Waals surface area contributed by atoms with Crippen LogP contribution < -0.4 is 4.90 Å². The number of benzene rings is 1. The molecule has 0 unspecified atom stereocenters. The number of nitrogens with zero attached hydrogens (tertiary/aromatic N) is 6. The highest BCUT2D eigenvalue weighted by molar-refractivity contribution is 5.69. The van der Waals surface area contributed by atoms with Gasteiger partial charge in [-0.3, -0.25) is 0 Å². The van der Waals surface area contributed by atoms with Crippen LogP contribution in [0.15, 0.2) is 36.7 Å². The molecule has 2 heterocycles. The van der Waals surface area contributed by atoms with Gasteiger partial charge in [0.2, 0.25) is 0 Å². The molecule has 1 aromatic carbocycles. The first-order valence-electron chi connectivity index (χ1n) is 10.1.